The number of nitrogens with zero attached hydrogens (tertiary/aromatic N) is 1. The van der Waals surface area contributed by atoms with Crippen LogP contribution >= 0.6 is 0 Å². The standard InChI is InChI=1S/C15H22N2O2/c1-19-14-10-13(16)8-7-12(14)11-17-9-5-3-2-4-6-15(17)18/h7-8,10H,2-6,9,11,16H2,1H3. The molecule has 2 N–H and O–H groups in total. The summed E-state index contributed by atoms with van der Waals surface area (Å²) in [6.07, 6.45) is 5.14. The number of ether oxygens (including phenoxy) is 1. The number of anilines is 1. The van der Waals surface area contributed by atoms with Crippen LogP contribution in [0.15, 0.2) is 18.2 Å². The smallest absolute Gasteiger partial charge is 0.222 e. The number of likely N-dealkylation sites (tertiary alicyclic amines) is 1. The van der Waals surface area contributed by atoms with Gasteiger partial charge in [-0.25, -0.2) is 0 Å². The molecular weight excluding hydrogens is 240 g/mol. The number of rotatable bonds is 3. The lowest BCUT2D eigenvalue weighted by Crippen LogP contribution is -2.32. The summed E-state index contributed by atoms with van der Waals surface area (Å²) in [6, 6.07) is 5.61. The predicted molar refractivity (Wildman–Crippen MR) is 75.9 cm³/mol. The third kappa shape index (κ3) is 3.63. The van der Waals surface area contributed by atoms with E-state index in [2.05, 4.69) is 0 Å². The molecule has 1 aromatic carbocycles. The number of hydrogen-bond acceptors (Lipinski definition) is 3. The van der Waals surface area contributed by atoms with E-state index < -0.39 is 0 Å². The number of hydrogen-bond donors (Lipinski definition) is 1. The van der Waals surface area contributed by atoms with Crippen molar-refractivity contribution in [2.24, 2.45) is 0 Å². The summed E-state index contributed by atoms with van der Waals surface area (Å²) in [5.41, 5.74) is 7.45. The van der Waals surface area contributed by atoms with Crippen molar-refractivity contribution < 1.29 is 9.53 Å². The van der Waals surface area contributed by atoms with Crippen LogP contribution in [-0.2, 0) is 11.3 Å². The van der Waals surface area contributed by atoms with E-state index in [-0.39, 0.29) is 5.91 Å². The maximum Gasteiger partial charge on any atom is 0.222 e. The summed E-state index contributed by atoms with van der Waals surface area (Å²) in [7, 11) is 1.63. The Kier molecular flexibility index (Phi) is 4.66. The minimum atomic E-state index is 0.249. The van der Waals surface area contributed by atoms with Crippen LogP contribution in [0.4, 0.5) is 5.69 Å². The first-order valence-corrected chi connectivity index (χ1v) is 6.91. The van der Waals surface area contributed by atoms with Crippen molar-refractivity contribution in [3.8, 4) is 5.75 Å². The number of nitrogens with two attached hydrogens (primary N) is 1. The highest BCUT2D eigenvalue weighted by Crippen LogP contribution is 2.24. The largest absolute Gasteiger partial charge is 0.496 e. The average Bonchev–Trinajstić information content (AvgIpc) is 2.40. The van der Waals surface area contributed by atoms with E-state index in [1.165, 1.54) is 12.8 Å². The molecule has 0 atom stereocenters. The van der Waals surface area contributed by atoms with Gasteiger partial charge in [0.2, 0.25) is 5.91 Å². The molecule has 0 aromatic heterocycles. The Hall–Kier alpha value is -1.71. The van der Waals surface area contributed by atoms with Gasteiger partial charge < -0.3 is 15.4 Å². The van der Waals surface area contributed by atoms with E-state index in [4.69, 9.17) is 10.5 Å². The first-order chi connectivity index (χ1) is 9.20. The molecule has 0 saturated carbocycles. The minimum absolute atomic E-state index is 0.249. The zero-order chi connectivity index (χ0) is 13.7. The van der Waals surface area contributed by atoms with Crippen molar-refractivity contribution in [2.45, 2.75) is 38.6 Å². The number of methoxy groups -OCH3 is 1. The molecule has 4 heteroatoms. The third-order valence-corrected chi connectivity index (χ3v) is 3.59. The average molecular weight is 262 g/mol. The van der Waals surface area contributed by atoms with Gasteiger partial charge in [-0.05, 0) is 18.9 Å². The molecule has 1 aliphatic rings. The van der Waals surface area contributed by atoms with Gasteiger partial charge in [0, 0.05) is 36.8 Å². The normalized spacial score (nSPS) is 16.9. The summed E-state index contributed by atoms with van der Waals surface area (Å²) in [5.74, 6) is 1.01. The zero-order valence-corrected chi connectivity index (χ0v) is 11.5. The summed E-state index contributed by atoms with van der Waals surface area (Å²) in [4.78, 5) is 14.0. The second-order valence-electron chi connectivity index (χ2n) is 5.05. The highest BCUT2D eigenvalue weighted by Gasteiger charge is 2.17. The number of nitrogen functional groups attached to an aromatic ring is 1. The minimum Gasteiger partial charge on any atom is -0.496 e. The van der Waals surface area contributed by atoms with Gasteiger partial charge >= 0.3 is 0 Å². The van der Waals surface area contributed by atoms with E-state index >= 15 is 0 Å². The Balaban J connectivity index is 2.11. The van der Waals surface area contributed by atoms with Crippen LogP contribution in [0.1, 0.15) is 37.7 Å². The Labute approximate surface area is 114 Å². The molecule has 1 aromatic rings. The lowest BCUT2D eigenvalue weighted by atomic mass is 10.1. The van der Waals surface area contributed by atoms with Crippen molar-refractivity contribution in [1.29, 1.82) is 0 Å². The lowest BCUT2D eigenvalue weighted by molar-refractivity contribution is -0.132. The molecule has 1 amide bonds. The fourth-order valence-electron chi connectivity index (χ4n) is 2.48. The first kappa shape index (κ1) is 13.7. The molecule has 0 unspecified atom stereocenters. The maximum absolute atomic E-state index is 12.1. The Morgan fingerprint density at radius 1 is 1.26 bits per heavy atom. The Morgan fingerprint density at radius 3 is 2.84 bits per heavy atom. The monoisotopic (exact) mass is 262 g/mol. The molecule has 1 saturated heterocycles. The second-order valence-corrected chi connectivity index (χ2v) is 5.05. The number of carbonyl (C=O) groups is 1. The first-order valence-electron chi connectivity index (χ1n) is 6.91. The second kappa shape index (κ2) is 6.45. The highest BCUT2D eigenvalue weighted by atomic mass is 16.5. The van der Waals surface area contributed by atoms with Gasteiger partial charge in [-0.15, -0.1) is 0 Å². The van der Waals surface area contributed by atoms with E-state index in [9.17, 15) is 4.79 Å². The van der Waals surface area contributed by atoms with Gasteiger partial charge in [0.1, 0.15) is 5.75 Å². The molecule has 19 heavy (non-hydrogen) atoms. The van der Waals surface area contributed by atoms with Gasteiger partial charge in [0.15, 0.2) is 0 Å². The molecule has 2 rings (SSSR count). The number of benzene rings is 1. The van der Waals surface area contributed by atoms with Gasteiger partial charge in [-0.2, -0.15) is 0 Å². The fourth-order valence-corrected chi connectivity index (χ4v) is 2.48. The topological polar surface area (TPSA) is 55.6 Å². The van der Waals surface area contributed by atoms with Crippen LogP contribution in [0, 0.1) is 0 Å². The summed E-state index contributed by atoms with van der Waals surface area (Å²) in [5, 5.41) is 0. The van der Waals surface area contributed by atoms with Crippen LogP contribution in [-0.4, -0.2) is 24.5 Å². The fraction of sp³-hybridized carbons (Fsp3) is 0.533. The van der Waals surface area contributed by atoms with E-state index in [0.29, 0.717) is 18.7 Å². The zero-order valence-electron chi connectivity index (χ0n) is 11.5. The molecule has 0 bridgehead atoms. The Morgan fingerprint density at radius 2 is 2.05 bits per heavy atom. The van der Waals surface area contributed by atoms with Gasteiger partial charge in [-0.1, -0.05) is 18.9 Å². The van der Waals surface area contributed by atoms with Crippen LogP contribution in [0.25, 0.3) is 0 Å². The van der Waals surface area contributed by atoms with E-state index in [1.807, 2.05) is 23.1 Å². The van der Waals surface area contributed by atoms with Crippen molar-refractivity contribution in [1.82, 2.24) is 4.90 Å². The third-order valence-electron chi connectivity index (χ3n) is 3.59. The molecule has 1 aliphatic heterocycles. The van der Waals surface area contributed by atoms with Crippen LogP contribution in [0.3, 0.4) is 0 Å². The molecule has 4 nitrogen and oxygen atoms in total. The van der Waals surface area contributed by atoms with Crippen LogP contribution < -0.4 is 10.5 Å². The van der Waals surface area contributed by atoms with Crippen LogP contribution in [0.2, 0.25) is 0 Å². The van der Waals surface area contributed by atoms with E-state index in [0.717, 1.165) is 30.7 Å². The molecular formula is C15H22N2O2. The van der Waals surface area contributed by atoms with Crippen molar-refractivity contribution in [3.63, 3.8) is 0 Å². The quantitative estimate of drug-likeness (QED) is 0.852. The van der Waals surface area contributed by atoms with Crippen molar-refractivity contribution in [2.75, 3.05) is 19.4 Å². The molecule has 1 fully saturated rings. The summed E-state index contributed by atoms with van der Waals surface area (Å²) >= 11 is 0. The van der Waals surface area contributed by atoms with Crippen molar-refractivity contribution >= 4 is 11.6 Å². The molecule has 0 radical (unpaired) electrons. The highest BCUT2D eigenvalue weighted by molar-refractivity contribution is 5.76. The predicted octanol–water partition coefficient (Wildman–Crippen LogP) is 2.57. The van der Waals surface area contributed by atoms with Crippen molar-refractivity contribution in [3.05, 3.63) is 23.8 Å². The lowest BCUT2D eigenvalue weighted by Gasteiger charge is -2.25. The summed E-state index contributed by atoms with van der Waals surface area (Å²) in [6.45, 7) is 1.45. The number of amides is 1. The van der Waals surface area contributed by atoms with Gasteiger partial charge in [0.05, 0.1) is 7.11 Å². The SMILES string of the molecule is COc1cc(N)ccc1CN1CCCCCCC1=O. The molecule has 0 spiro atoms. The molecule has 0 aliphatic carbocycles. The van der Waals surface area contributed by atoms with Gasteiger partial charge in [0.25, 0.3) is 0 Å². The molecule has 1 heterocycles. The number of carbonyl (C=O) groups excluding carboxylic acids is 1. The molecule has 104 valence electrons. The van der Waals surface area contributed by atoms with Gasteiger partial charge in [-0.3, -0.25) is 4.79 Å². The summed E-state index contributed by atoms with van der Waals surface area (Å²) < 4.78 is 5.34. The maximum atomic E-state index is 12.1. The Bertz CT molecular complexity index is 446. The van der Waals surface area contributed by atoms with Crippen LogP contribution in [0.5, 0.6) is 5.75 Å². The van der Waals surface area contributed by atoms with E-state index in [1.54, 1.807) is 7.11 Å².